The lowest BCUT2D eigenvalue weighted by Crippen LogP contribution is -2.18. The molecule has 0 saturated carbocycles. The van der Waals surface area contributed by atoms with E-state index in [1.54, 1.807) is 18.4 Å². The molecule has 1 atom stereocenters. The third-order valence-electron chi connectivity index (χ3n) is 2.97. The first-order valence-electron chi connectivity index (χ1n) is 6.08. The Bertz CT molecular complexity index is 586. The molecule has 3 nitrogen and oxygen atoms in total. The van der Waals surface area contributed by atoms with Crippen LogP contribution < -0.4 is 10.1 Å². The highest BCUT2D eigenvalue weighted by molar-refractivity contribution is 7.10. The van der Waals surface area contributed by atoms with Gasteiger partial charge in [-0.05, 0) is 19.1 Å². The lowest BCUT2D eigenvalue weighted by molar-refractivity contribution is 0.401. The molecule has 19 heavy (non-hydrogen) atoms. The summed E-state index contributed by atoms with van der Waals surface area (Å²) in [6.45, 7) is 2.86. The molecular weight excluding hydrogens is 256 g/mol. The summed E-state index contributed by atoms with van der Waals surface area (Å²) in [6.07, 6.45) is 0. The van der Waals surface area contributed by atoms with E-state index >= 15 is 0 Å². The number of nitrogens with one attached hydrogen (secondary N) is 1. The molecule has 0 aliphatic carbocycles. The van der Waals surface area contributed by atoms with Crippen LogP contribution in [-0.2, 0) is 6.54 Å². The second kappa shape index (κ2) is 6.37. The molecule has 1 aromatic heterocycles. The Hall–Kier alpha value is -1.83. The van der Waals surface area contributed by atoms with Crippen molar-refractivity contribution in [2.75, 3.05) is 7.11 Å². The van der Waals surface area contributed by atoms with Crippen LogP contribution in [0.15, 0.2) is 35.7 Å². The number of methoxy groups -OCH3 is 1. The number of hydrogen-bond acceptors (Lipinski definition) is 4. The van der Waals surface area contributed by atoms with E-state index in [1.165, 1.54) is 4.88 Å². The second-order valence-electron chi connectivity index (χ2n) is 4.26. The summed E-state index contributed by atoms with van der Waals surface area (Å²) in [7, 11) is 1.68. The van der Waals surface area contributed by atoms with Gasteiger partial charge >= 0.3 is 0 Å². The maximum atomic E-state index is 8.79. The molecule has 0 amide bonds. The van der Waals surface area contributed by atoms with Gasteiger partial charge in [0.25, 0.3) is 0 Å². The van der Waals surface area contributed by atoms with Crippen LogP contribution in [0.2, 0.25) is 0 Å². The highest BCUT2D eigenvalue weighted by Gasteiger charge is 2.10. The van der Waals surface area contributed by atoms with E-state index in [4.69, 9.17) is 10.00 Å². The van der Waals surface area contributed by atoms with Crippen molar-refractivity contribution in [2.24, 2.45) is 0 Å². The van der Waals surface area contributed by atoms with E-state index in [1.807, 2.05) is 29.6 Å². The minimum absolute atomic E-state index is 0.198. The highest BCUT2D eigenvalue weighted by atomic mass is 32.1. The van der Waals surface area contributed by atoms with Crippen molar-refractivity contribution in [2.45, 2.75) is 19.5 Å². The molecule has 0 spiro atoms. The van der Waals surface area contributed by atoms with Gasteiger partial charge in [-0.15, -0.1) is 11.3 Å². The van der Waals surface area contributed by atoms with E-state index in [0.717, 1.165) is 23.4 Å². The first-order valence-corrected chi connectivity index (χ1v) is 6.96. The zero-order valence-electron chi connectivity index (χ0n) is 11.0. The largest absolute Gasteiger partial charge is 0.496 e. The van der Waals surface area contributed by atoms with Gasteiger partial charge in [0.2, 0.25) is 0 Å². The van der Waals surface area contributed by atoms with Crippen molar-refractivity contribution in [1.82, 2.24) is 5.32 Å². The van der Waals surface area contributed by atoms with Gasteiger partial charge in [-0.3, -0.25) is 0 Å². The lowest BCUT2D eigenvalue weighted by atomic mass is 10.1. The third-order valence-corrected chi connectivity index (χ3v) is 3.91. The number of benzene rings is 1. The average Bonchev–Trinajstić information content (AvgIpc) is 2.92. The van der Waals surface area contributed by atoms with E-state index in [0.29, 0.717) is 0 Å². The molecule has 4 heteroatoms. The van der Waals surface area contributed by atoms with Gasteiger partial charge in [0.15, 0.2) is 0 Å². The SMILES string of the molecule is COc1ccccc1[C@@H](C)NCc1cc(C#N)cs1. The Morgan fingerprint density at radius 2 is 2.21 bits per heavy atom. The average molecular weight is 272 g/mol. The summed E-state index contributed by atoms with van der Waals surface area (Å²) < 4.78 is 5.36. The van der Waals surface area contributed by atoms with Crippen LogP contribution in [0.4, 0.5) is 0 Å². The molecule has 1 aromatic carbocycles. The molecule has 0 radical (unpaired) electrons. The van der Waals surface area contributed by atoms with Gasteiger partial charge in [-0.1, -0.05) is 18.2 Å². The van der Waals surface area contributed by atoms with Gasteiger partial charge in [0.05, 0.1) is 12.7 Å². The number of hydrogen-bond donors (Lipinski definition) is 1. The number of nitriles is 1. The molecule has 98 valence electrons. The van der Waals surface area contributed by atoms with Crippen molar-refractivity contribution in [3.05, 3.63) is 51.7 Å². The normalized spacial score (nSPS) is 11.8. The van der Waals surface area contributed by atoms with Crippen LogP contribution in [0.25, 0.3) is 0 Å². The van der Waals surface area contributed by atoms with Crippen LogP contribution in [0, 0.1) is 11.3 Å². The summed E-state index contributed by atoms with van der Waals surface area (Å²) >= 11 is 1.61. The zero-order valence-corrected chi connectivity index (χ0v) is 11.8. The third kappa shape index (κ3) is 3.34. The molecule has 2 aromatic rings. The Morgan fingerprint density at radius 1 is 1.42 bits per heavy atom. The first-order chi connectivity index (χ1) is 9.24. The summed E-state index contributed by atoms with van der Waals surface area (Å²) in [5.74, 6) is 0.895. The quantitative estimate of drug-likeness (QED) is 0.906. The fourth-order valence-corrected chi connectivity index (χ4v) is 2.68. The topological polar surface area (TPSA) is 45.0 Å². The van der Waals surface area contributed by atoms with Gasteiger partial charge < -0.3 is 10.1 Å². The Kier molecular flexibility index (Phi) is 4.56. The molecule has 1 N–H and O–H groups in total. The lowest BCUT2D eigenvalue weighted by Gasteiger charge is -2.16. The molecule has 2 rings (SSSR count). The Balaban J connectivity index is 2.01. The Morgan fingerprint density at radius 3 is 2.89 bits per heavy atom. The van der Waals surface area contributed by atoms with E-state index in [-0.39, 0.29) is 6.04 Å². The highest BCUT2D eigenvalue weighted by Crippen LogP contribution is 2.25. The van der Waals surface area contributed by atoms with Crippen LogP contribution in [-0.4, -0.2) is 7.11 Å². The predicted octanol–water partition coefficient (Wildman–Crippen LogP) is 3.48. The monoisotopic (exact) mass is 272 g/mol. The number of thiophene rings is 1. The summed E-state index contributed by atoms with van der Waals surface area (Å²) in [5.41, 5.74) is 1.87. The van der Waals surface area contributed by atoms with Gasteiger partial charge in [0, 0.05) is 28.4 Å². The van der Waals surface area contributed by atoms with Crippen LogP contribution >= 0.6 is 11.3 Å². The fraction of sp³-hybridized carbons (Fsp3) is 0.267. The number of para-hydroxylation sites is 1. The van der Waals surface area contributed by atoms with Crippen molar-refractivity contribution in [3.8, 4) is 11.8 Å². The minimum Gasteiger partial charge on any atom is -0.496 e. The maximum absolute atomic E-state index is 8.79. The van der Waals surface area contributed by atoms with Crippen molar-refractivity contribution >= 4 is 11.3 Å². The number of nitrogens with zero attached hydrogens (tertiary/aromatic N) is 1. The molecule has 0 saturated heterocycles. The van der Waals surface area contributed by atoms with E-state index in [2.05, 4.69) is 24.4 Å². The predicted molar refractivity (Wildman–Crippen MR) is 77.3 cm³/mol. The smallest absolute Gasteiger partial charge is 0.123 e. The summed E-state index contributed by atoms with van der Waals surface area (Å²) in [4.78, 5) is 1.17. The fourth-order valence-electron chi connectivity index (χ4n) is 1.92. The zero-order chi connectivity index (χ0) is 13.7. The van der Waals surface area contributed by atoms with Gasteiger partial charge in [0.1, 0.15) is 11.8 Å². The molecule has 0 unspecified atom stereocenters. The van der Waals surface area contributed by atoms with Crippen LogP contribution in [0.5, 0.6) is 5.75 Å². The van der Waals surface area contributed by atoms with E-state index < -0.39 is 0 Å². The number of rotatable bonds is 5. The van der Waals surface area contributed by atoms with Crippen LogP contribution in [0.1, 0.15) is 29.0 Å². The summed E-state index contributed by atoms with van der Waals surface area (Å²) in [5, 5.41) is 14.1. The molecule has 0 fully saturated rings. The van der Waals surface area contributed by atoms with Crippen molar-refractivity contribution in [3.63, 3.8) is 0 Å². The molecule has 0 aliphatic heterocycles. The van der Waals surface area contributed by atoms with Crippen molar-refractivity contribution < 1.29 is 4.74 Å². The van der Waals surface area contributed by atoms with Gasteiger partial charge in [-0.25, -0.2) is 0 Å². The van der Waals surface area contributed by atoms with E-state index in [9.17, 15) is 0 Å². The standard InChI is InChI=1S/C15H16N2OS/c1-11(14-5-3-4-6-15(14)18-2)17-9-13-7-12(8-16)10-19-13/h3-7,10-11,17H,9H2,1-2H3/t11-/m1/s1. The second-order valence-corrected chi connectivity index (χ2v) is 5.25. The molecular formula is C15H16N2OS. The Labute approximate surface area is 117 Å². The van der Waals surface area contributed by atoms with Crippen molar-refractivity contribution in [1.29, 1.82) is 5.26 Å². The molecule has 1 heterocycles. The number of ether oxygens (including phenoxy) is 1. The minimum atomic E-state index is 0.198. The molecule has 0 aliphatic rings. The summed E-state index contributed by atoms with van der Waals surface area (Å²) in [6, 6.07) is 12.3. The van der Waals surface area contributed by atoms with Gasteiger partial charge in [-0.2, -0.15) is 5.26 Å². The molecule has 0 bridgehead atoms. The maximum Gasteiger partial charge on any atom is 0.123 e. The first kappa shape index (κ1) is 13.6. The van der Waals surface area contributed by atoms with Crippen LogP contribution in [0.3, 0.4) is 0 Å².